The summed E-state index contributed by atoms with van der Waals surface area (Å²) in [5, 5.41) is 13.4. The summed E-state index contributed by atoms with van der Waals surface area (Å²) in [6.07, 6.45) is 3.82. The maximum absolute atomic E-state index is 4.31. The Bertz CT molecular complexity index is 469. The normalized spacial score (nSPS) is 10.7. The molecule has 0 aliphatic carbocycles. The summed E-state index contributed by atoms with van der Waals surface area (Å²) >= 11 is 4.98. The van der Waals surface area contributed by atoms with Crippen LogP contribution >= 0.6 is 27.3 Å². The smallest absolute Gasteiger partial charge is 0.166 e. The number of hydrogen-bond donors (Lipinski definition) is 1. The molecule has 0 fully saturated rings. The van der Waals surface area contributed by atoms with Gasteiger partial charge in [-0.1, -0.05) is 11.3 Å². The number of rotatable bonds is 5. The second-order valence-electron chi connectivity index (χ2n) is 3.57. The van der Waals surface area contributed by atoms with Crippen molar-refractivity contribution in [2.75, 3.05) is 13.6 Å². The van der Waals surface area contributed by atoms with Gasteiger partial charge in [-0.05, 0) is 48.1 Å². The molecule has 0 aliphatic heterocycles. The Labute approximate surface area is 113 Å². The third-order valence-corrected chi connectivity index (χ3v) is 3.71. The average molecular weight is 313 g/mol. The molecule has 2 rings (SSSR count). The Hall–Kier alpha value is -0.850. The lowest BCUT2D eigenvalue weighted by Gasteiger charge is -1.95. The van der Waals surface area contributed by atoms with Gasteiger partial charge in [0.05, 0.1) is 0 Å². The van der Waals surface area contributed by atoms with Crippen molar-refractivity contribution in [2.45, 2.75) is 12.8 Å². The van der Waals surface area contributed by atoms with Crippen LogP contribution in [0, 0.1) is 0 Å². The molecular weight excluding hydrogens is 300 g/mol. The van der Waals surface area contributed by atoms with E-state index < -0.39 is 0 Å². The van der Waals surface area contributed by atoms with Gasteiger partial charge in [0.2, 0.25) is 0 Å². The average Bonchev–Trinajstić information content (AvgIpc) is 2.79. The van der Waals surface area contributed by atoms with Crippen molar-refractivity contribution in [3.8, 4) is 10.7 Å². The minimum atomic E-state index is 0.880. The Morgan fingerprint density at radius 2 is 2.24 bits per heavy atom. The van der Waals surface area contributed by atoms with Crippen LogP contribution in [-0.4, -0.2) is 28.8 Å². The highest BCUT2D eigenvalue weighted by Crippen LogP contribution is 2.23. The quantitative estimate of drug-likeness (QED) is 0.862. The van der Waals surface area contributed by atoms with Gasteiger partial charge in [0.1, 0.15) is 10.7 Å². The molecule has 4 nitrogen and oxygen atoms in total. The van der Waals surface area contributed by atoms with Crippen LogP contribution in [0.3, 0.4) is 0 Å². The zero-order valence-electron chi connectivity index (χ0n) is 9.48. The first kappa shape index (κ1) is 12.6. The molecule has 2 aromatic heterocycles. The van der Waals surface area contributed by atoms with E-state index >= 15 is 0 Å². The highest BCUT2D eigenvalue weighted by Gasteiger charge is 2.07. The molecule has 0 spiro atoms. The Kier molecular flexibility index (Phi) is 4.58. The van der Waals surface area contributed by atoms with Crippen LogP contribution in [0.2, 0.25) is 0 Å². The lowest BCUT2D eigenvalue weighted by Crippen LogP contribution is -2.08. The van der Waals surface area contributed by atoms with Crippen molar-refractivity contribution < 1.29 is 0 Å². The molecule has 0 aromatic carbocycles. The van der Waals surface area contributed by atoms with E-state index in [0.29, 0.717) is 0 Å². The van der Waals surface area contributed by atoms with Gasteiger partial charge >= 0.3 is 0 Å². The number of nitrogens with one attached hydrogen (secondary N) is 1. The highest BCUT2D eigenvalue weighted by atomic mass is 79.9. The molecule has 0 atom stereocenters. The maximum Gasteiger partial charge on any atom is 0.166 e. The summed E-state index contributed by atoms with van der Waals surface area (Å²) in [4.78, 5) is 4.31. The Balaban J connectivity index is 2.04. The van der Waals surface area contributed by atoms with Crippen LogP contribution in [0.5, 0.6) is 0 Å². The summed E-state index contributed by atoms with van der Waals surface area (Å²) in [6.45, 7) is 1.01. The standard InChI is InChI=1S/C11H13BrN4S/c1-13-6-2-3-10-15-16-11(17-10)9-5-4-8(12)7-14-9/h4-5,7,13H,2-3,6H2,1H3. The van der Waals surface area contributed by atoms with E-state index in [1.165, 1.54) is 0 Å². The van der Waals surface area contributed by atoms with E-state index in [1.807, 2.05) is 19.2 Å². The van der Waals surface area contributed by atoms with E-state index in [9.17, 15) is 0 Å². The SMILES string of the molecule is CNCCCc1nnc(-c2ccc(Br)cn2)s1. The molecule has 17 heavy (non-hydrogen) atoms. The number of aromatic nitrogens is 3. The summed E-state index contributed by atoms with van der Waals surface area (Å²) < 4.78 is 0.972. The largest absolute Gasteiger partial charge is 0.320 e. The molecule has 0 saturated carbocycles. The van der Waals surface area contributed by atoms with Crippen molar-refractivity contribution in [1.29, 1.82) is 0 Å². The summed E-state index contributed by atoms with van der Waals surface area (Å²) in [7, 11) is 1.96. The van der Waals surface area contributed by atoms with Crippen molar-refractivity contribution in [3.63, 3.8) is 0 Å². The van der Waals surface area contributed by atoms with E-state index in [0.717, 1.165) is 39.6 Å². The topological polar surface area (TPSA) is 50.7 Å². The predicted octanol–water partition coefficient (Wildman–Crippen LogP) is 2.51. The zero-order chi connectivity index (χ0) is 12.1. The van der Waals surface area contributed by atoms with Gasteiger partial charge in [-0.25, -0.2) is 0 Å². The second kappa shape index (κ2) is 6.18. The third kappa shape index (κ3) is 3.55. The van der Waals surface area contributed by atoms with Gasteiger partial charge in [-0.3, -0.25) is 4.98 Å². The fourth-order valence-electron chi connectivity index (χ4n) is 1.38. The number of hydrogen-bond acceptors (Lipinski definition) is 5. The van der Waals surface area contributed by atoms with Gasteiger partial charge in [0.15, 0.2) is 5.01 Å². The Morgan fingerprint density at radius 3 is 2.94 bits per heavy atom. The molecule has 0 bridgehead atoms. The Morgan fingerprint density at radius 1 is 1.35 bits per heavy atom. The lowest BCUT2D eigenvalue weighted by atomic mass is 10.3. The molecule has 0 saturated heterocycles. The molecule has 1 N–H and O–H groups in total. The number of aryl methyl sites for hydroxylation is 1. The van der Waals surface area contributed by atoms with Gasteiger partial charge in [-0.15, -0.1) is 10.2 Å². The van der Waals surface area contributed by atoms with E-state index in [4.69, 9.17) is 0 Å². The van der Waals surface area contributed by atoms with Gasteiger partial charge in [0.25, 0.3) is 0 Å². The monoisotopic (exact) mass is 312 g/mol. The van der Waals surface area contributed by atoms with Crippen molar-refractivity contribution in [3.05, 3.63) is 27.8 Å². The summed E-state index contributed by atoms with van der Waals surface area (Å²) in [6, 6.07) is 3.91. The van der Waals surface area contributed by atoms with E-state index in [1.54, 1.807) is 17.5 Å². The number of halogens is 1. The molecule has 0 radical (unpaired) electrons. The molecular formula is C11H13BrN4S. The van der Waals surface area contributed by atoms with Gasteiger partial charge in [-0.2, -0.15) is 0 Å². The first-order chi connectivity index (χ1) is 8.29. The molecule has 0 aliphatic rings. The summed E-state index contributed by atoms with van der Waals surface area (Å²) in [5.74, 6) is 0. The fourth-order valence-corrected chi connectivity index (χ4v) is 2.47. The van der Waals surface area contributed by atoms with Crippen LogP contribution in [-0.2, 0) is 6.42 Å². The fraction of sp³-hybridized carbons (Fsp3) is 0.364. The molecule has 0 unspecified atom stereocenters. The molecule has 2 heterocycles. The molecule has 2 aromatic rings. The molecule has 6 heteroatoms. The summed E-state index contributed by atoms with van der Waals surface area (Å²) in [5.41, 5.74) is 0.880. The van der Waals surface area contributed by atoms with E-state index in [2.05, 4.69) is 36.4 Å². The number of pyridine rings is 1. The van der Waals surface area contributed by atoms with Gasteiger partial charge in [0, 0.05) is 17.1 Å². The minimum Gasteiger partial charge on any atom is -0.320 e. The molecule has 0 amide bonds. The van der Waals surface area contributed by atoms with Crippen LogP contribution < -0.4 is 5.32 Å². The minimum absolute atomic E-state index is 0.880. The van der Waals surface area contributed by atoms with Crippen molar-refractivity contribution in [1.82, 2.24) is 20.5 Å². The van der Waals surface area contributed by atoms with Crippen LogP contribution in [0.25, 0.3) is 10.7 Å². The highest BCUT2D eigenvalue weighted by molar-refractivity contribution is 9.10. The first-order valence-corrected chi connectivity index (χ1v) is 6.99. The van der Waals surface area contributed by atoms with Crippen LogP contribution in [0.4, 0.5) is 0 Å². The molecule has 90 valence electrons. The second-order valence-corrected chi connectivity index (χ2v) is 5.55. The maximum atomic E-state index is 4.31. The van der Waals surface area contributed by atoms with Gasteiger partial charge < -0.3 is 5.32 Å². The van der Waals surface area contributed by atoms with Crippen LogP contribution in [0.1, 0.15) is 11.4 Å². The number of nitrogens with zero attached hydrogens (tertiary/aromatic N) is 3. The van der Waals surface area contributed by atoms with Crippen molar-refractivity contribution in [2.24, 2.45) is 0 Å². The zero-order valence-corrected chi connectivity index (χ0v) is 11.9. The predicted molar refractivity (Wildman–Crippen MR) is 73.1 cm³/mol. The van der Waals surface area contributed by atoms with Crippen LogP contribution in [0.15, 0.2) is 22.8 Å². The third-order valence-electron chi connectivity index (χ3n) is 2.23. The first-order valence-electron chi connectivity index (χ1n) is 5.38. The lowest BCUT2D eigenvalue weighted by molar-refractivity contribution is 0.718. The van der Waals surface area contributed by atoms with Crippen molar-refractivity contribution >= 4 is 27.3 Å². The van der Waals surface area contributed by atoms with E-state index in [-0.39, 0.29) is 0 Å².